The van der Waals surface area contributed by atoms with Gasteiger partial charge in [-0.05, 0) is 73.1 Å². The first-order valence-corrected chi connectivity index (χ1v) is 15.3. The summed E-state index contributed by atoms with van der Waals surface area (Å²) in [6.07, 6.45) is 9.25. The highest BCUT2D eigenvalue weighted by molar-refractivity contribution is 5.92. The molecule has 5 aromatic rings. The lowest BCUT2D eigenvalue weighted by molar-refractivity contribution is 0.141. The molecule has 0 N–H and O–H groups in total. The molecule has 0 unspecified atom stereocenters. The van der Waals surface area contributed by atoms with Crippen molar-refractivity contribution in [3.8, 4) is 11.5 Å². The largest absolute Gasteiger partial charge is 0.497 e. The van der Waals surface area contributed by atoms with Gasteiger partial charge in [0.25, 0.3) is 0 Å². The van der Waals surface area contributed by atoms with Crippen LogP contribution in [0.2, 0.25) is 0 Å². The van der Waals surface area contributed by atoms with Gasteiger partial charge in [-0.3, -0.25) is 9.88 Å². The average molecular weight is 561 g/mol. The van der Waals surface area contributed by atoms with Gasteiger partial charge in [0.05, 0.1) is 18.3 Å². The lowest BCUT2D eigenvalue weighted by Gasteiger charge is -2.42. The van der Waals surface area contributed by atoms with E-state index in [4.69, 9.17) is 14.5 Å². The van der Waals surface area contributed by atoms with Crippen LogP contribution < -0.4 is 14.4 Å². The van der Waals surface area contributed by atoms with E-state index in [1.165, 1.54) is 53.4 Å². The van der Waals surface area contributed by atoms with Gasteiger partial charge in [0.2, 0.25) is 0 Å². The highest BCUT2D eigenvalue weighted by Crippen LogP contribution is 2.40. The van der Waals surface area contributed by atoms with Gasteiger partial charge in [0.1, 0.15) is 18.1 Å². The molecule has 6 nitrogen and oxygen atoms in total. The van der Waals surface area contributed by atoms with Crippen LogP contribution in [0.15, 0.2) is 85.2 Å². The normalized spacial score (nSPS) is 19.8. The summed E-state index contributed by atoms with van der Waals surface area (Å²) in [5.74, 6) is 2.45. The zero-order chi connectivity index (χ0) is 28.5. The number of fused-ring (bicyclic) bond motifs is 2. The first kappa shape index (κ1) is 26.8. The summed E-state index contributed by atoms with van der Waals surface area (Å²) >= 11 is 0. The summed E-state index contributed by atoms with van der Waals surface area (Å²) < 4.78 is 14.1. The zero-order valence-electron chi connectivity index (χ0n) is 24.7. The minimum Gasteiger partial charge on any atom is -0.497 e. The van der Waals surface area contributed by atoms with Crippen molar-refractivity contribution in [1.29, 1.82) is 0 Å². The number of methoxy groups -OCH3 is 1. The quantitative estimate of drug-likeness (QED) is 0.211. The summed E-state index contributed by atoms with van der Waals surface area (Å²) in [5.41, 5.74) is 6.22. The molecule has 0 spiro atoms. The molecule has 1 saturated carbocycles. The number of aryl methyl sites for hydroxylation is 1. The lowest BCUT2D eigenvalue weighted by atomic mass is 9.81. The molecular weight excluding hydrogens is 520 g/mol. The second-order valence-corrected chi connectivity index (χ2v) is 11.9. The van der Waals surface area contributed by atoms with Crippen LogP contribution in [-0.2, 0) is 13.7 Å². The van der Waals surface area contributed by atoms with E-state index in [1.807, 2.05) is 18.3 Å². The number of rotatable bonds is 7. The number of hydrogen-bond acceptors (Lipinski definition) is 5. The van der Waals surface area contributed by atoms with Crippen LogP contribution in [0.4, 0.5) is 5.69 Å². The third kappa shape index (κ3) is 5.32. The maximum absolute atomic E-state index is 6.19. The van der Waals surface area contributed by atoms with E-state index in [9.17, 15) is 0 Å². The Morgan fingerprint density at radius 3 is 2.43 bits per heavy atom. The zero-order valence-corrected chi connectivity index (χ0v) is 24.7. The molecule has 2 fully saturated rings. The molecule has 42 heavy (non-hydrogen) atoms. The van der Waals surface area contributed by atoms with E-state index in [1.54, 1.807) is 7.11 Å². The Hall–Kier alpha value is -4.03. The third-order valence-corrected chi connectivity index (χ3v) is 9.44. The molecule has 3 heterocycles. The molecule has 0 radical (unpaired) electrons. The Labute approximate surface area is 248 Å². The molecule has 7 rings (SSSR count). The van der Waals surface area contributed by atoms with Gasteiger partial charge in [0.15, 0.2) is 0 Å². The van der Waals surface area contributed by atoms with Gasteiger partial charge in [-0.15, -0.1) is 0 Å². The Kier molecular flexibility index (Phi) is 7.47. The highest BCUT2D eigenvalue weighted by Gasteiger charge is 2.30. The molecule has 0 amide bonds. The van der Waals surface area contributed by atoms with Crippen LogP contribution in [0, 0.1) is 0 Å². The van der Waals surface area contributed by atoms with Crippen LogP contribution in [0.25, 0.3) is 21.8 Å². The van der Waals surface area contributed by atoms with Gasteiger partial charge in [-0.2, -0.15) is 0 Å². The highest BCUT2D eigenvalue weighted by atomic mass is 16.5. The van der Waals surface area contributed by atoms with Gasteiger partial charge < -0.3 is 18.9 Å². The Bertz CT molecular complexity index is 1660. The number of nitrogens with zero attached hydrogens (tertiary/aromatic N) is 4. The summed E-state index contributed by atoms with van der Waals surface area (Å²) in [6, 6.07) is 26.0. The predicted octanol–water partition coefficient (Wildman–Crippen LogP) is 7.16. The standard InChI is InChI=1S/C36H40N4O2/c1-38-24-33(32-22-30(14-15-34(32)38)42-25-26-7-4-3-5-8-26)27-10-12-29(13-11-27)39-17-19-40(20-18-39)35-23-31(41-2)21-28-9-6-16-37-36(28)35/h3-9,14-16,21-24,27,29H,10-13,17-20,25H2,1-2H3. The Morgan fingerprint density at radius 1 is 0.833 bits per heavy atom. The summed E-state index contributed by atoms with van der Waals surface area (Å²) in [7, 11) is 3.91. The third-order valence-electron chi connectivity index (χ3n) is 9.44. The van der Waals surface area contributed by atoms with Gasteiger partial charge in [-0.1, -0.05) is 36.4 Å². The van der Waals surface area contributed by atoms with E-state index in [0.717, 1.165) is 48.6 Å². The van der Waals surface area contributed by atoms with Crippen molar-refractivity contribution in [3.05, 3.63) is 96.3 Å². The number of ether oxygens (including phenoxy) is 2. The van der Waals surface area contributed by atoms with Crippen LogP contribution in [0.3, 0.4) is 0 Å². The van der Waals surface area contributed by atoms with Crippen LogP contribution in [-0.4, -0.2) is 53.8 Å². The van der Waals surface area contributed by atoms with Gasteiger partial charge >= 0.3 is 0 Å². The molecule has 1 aliphatic carbocycles. The van der Waals surface area contributed by atoms with Gasteiger partial charge in [-0.25, -0.2) is 0 Å². The second kappa shape index (κ2) is 11.7. The molecular formula is C36H40N4O2. The second-order valence-electron chi connectivity index (χ2n) is 11.9. The first-order valence-electron chi connectivity index (χ1n) is 15.3. The van der Waals surface area contributed by atoms with Crippen molar-refractivity contribution in [2.24, 2.45) is 7.05 Å². The molecule has 2 aliphatic rings. The van der Waals surface area contributed by atoms with Crippen molar-refractivity contribution in [2.75, 3.05) is 38.2 Å². The van der Waals surface area contributed by atoms with Crippen molar-refractivity contribution in [3.63, 3.8) is 0 Å². The predicted molar refractivity (Wildman–Crippen MR) is 171 cm³/mol. The number of pyridine rings is 1. The average Bonchev–Trinajstić information content (AvgIpc) is 3.39. The maximum atomic E-state index is 6.19. The number of anilines is 1. The fourth-order valence-corrected chi connectivity index (χ4v) is 7.14. The maximum Gasteiger partial charge on any atom is 0.121 e. The summed E-state index contributed by atoms with van der Waals surface area (Å²) in [6.45, 7) is 4.83. The molecule has 6 heteroatoms. The minimum atomic E-state index is 0.595. The van der Waals surface area contributed by atoms with E-state index >= 15 is 0 Å². The Balaban J connectivity index is 0.994. The molecule has 0 atom stereocenters. The van der Waals surface area contributed by atoms with E-state index < -0.39 is 0 Å². The molecule has 1 saturated heterocycles. The van der Waals surface area contributed by atoms with E-state index in [2.05, 4.69) is 88.3 Å². The SMILES string of the molecule is COc1cc(N2CCN(C3CCC(c4cn(C)c5ccc(OCc6ccccc6)cc45)CC3)CC2)c2ncccc2c1. The Morgan fingerprint density at radius 2 is 1.64 bits per heavy atom. The molecule has 2 aromatic heterocycles. The van der Waals surface area contributed by atoms with Crippen LogP contribution in [0.1, 0.15) is 42.7 Å². The first-order chi connectivity index (χ1) is 20.7. The number of aromatic nitrogens is 2. The van der Waals surface area contributed by atoms with Crippen LogP contribution in [0.5, 0.6) is 11.5 Å². The van der Waals surface area contributed by atoms with Crippen molar-refractivity contribution in [1.82, 2.24) is 14.5 Å². The van der Waals surface area contributed by atoms with Crippen LogP contribution >= 0.6 is 0 Å². The van der Waals surface area contributed by atoms with E-state index in [-0.39, 0.29) is 0 Å². The van der Waals surface area contributed by atoms with Crippen molar-refractivity contribution >= 4 is 27.5 Å². The number of piperazine rings is 1. The molecule has 3 aromatic carbocycles. The fourth-order valence-electron chi connectivity index (χ4n) is 7.14. The van der Waals surface area contributed by atoms with Crippen molar-refractivity contribution in [2.45, 2.75) is 44.2 Å². The molecule has 0 bridgehead atoms. The van der Waals surface area contributed by atoms with Gasteiger partial charge in [0, 0.05) is 74.0 Å². The lowest BCUT2D eigenvalue weighted by Crippen LogP contribution is -2.51. The molecule has 216 valence electrons. The topological polar surface area (TPSA) is 42.8 Å². The molecule has 1 aliphatic heterocycles. The summed E-state index contributed by atoms with van der Waals surface area (Å²) in [5, 5.41) is 2.48. The minimum absolute atomic E-state index is 0.595. The smallest absolute Gasteiger partial charge is 0.121 e. The summed E-state index contributed by atoms with van der Waals surface area (Å²) in [4.78, 5) is 9.94. The number of hydrogen-bond donors (Lipinski definition) is 0. The monoisotopic (exact) mass is 560 g/mol. The fraction of sp³-hybridized carbons (Fsp3) is 0.361. The van der Waals surface area contributed by atoms with E-state index in [0.29, 0.717) is 18.6 Å². The number of benzene rings is 3. The van der Waals surface area contributed by atoms with Crippen molar-refractivity contribution < 1.29 is 9.47 Å².